The van der Waals surface area contributed by atoms with Gasteiger partial charge >= 0.3 is 0 Å². The molecule has 0 saturated heterocycles. The van der Waals surface area contributed by atoms with E-state index in [-0.39, 0.29) is 16.9 Å². The van der Waals surface area contributed by atoms with Gasteiger partial charge < -0.3 is 5.32 Å². The van der Waals surface area contributed by atoms with E-state index in [1.54, 1.807) is 6.33 Å². The van der Waals surface area contributed by atoms with Crippen LogP contribution in [0.3, 0.4) is 0 Å². The Kier molecular flexibility index (Phi) is 3.72. The molecule has 0 radical (unpaired) electrons. The Morgan fingerprint density at radius 3 is 2.44 bits per heavy atom. The molecule has 2 aromatic rings. The molecular formula is C22H28N4O. The molecule has 4 aliphatic rings. The summed E-state index contributed by atoms with van der Waals surface area (Å²) in [5.74, 6) is 1.97. The molecule has 6 rings (SSSR count). The summed E-state index contributed by atoms with van der Waals surface area (Å²) < 4.78 is 2.06. The number of nitrogens with one attached hydrogen (secondary N) is 1. The van der Waals surface area contributed by atoms with Crippen molar-refractivity contribution < 1.29 is 4.79 Å². The van der Waals surface area contributed by atoms with E-state index in [0.717, 1.165) is 37.8 Å². The summed E-state index contributed by atoms with van der Waals surface area (Å²) in [4.78, 5) is 17.6. The zero-order valence-corrected chi connectivity index (χ0v) is 16.2. The molecule has 4 aliphatic carbocycles. The first-order valence-electron chi connectivity index (χ1n) is 10.2. The second-order valence-electron chi connectivity index (χ2n) is 9.54. The second kappa shape index (κ2) is 5.91. The third-order valence-electron chi connectivity index (χ3n) is 7.25. The van der Waals surface area contributed by atoms with Gasteiger partial charge in [-0.25, -0.2) is 9.67 Å². The SMILES string of the molecule is CC(C)c1ccc(NC(=O)C23C[C@H]4C[C@@H](C2)CC(n2cncn2)(C4)C3)cc1. The van der Waals surface area contributed by atoms with E-state index in [4.69, 9.17) is 0 Å². The Labute approximate surface area is 160 Å². The molecule has 5 nitrogen and oxygen atoms in total. The molecule has 27 heavy (non-hydrogen) atoms. The van der Waals surface area contributed by atoms with Crippen LogP contribution in [-0.4, -0.2) is 20.7 Å². The van der Waals surface area contributed by atoms with Crippen LogP contribution in [-0.2, 0) is 10.3 Å². The molecule has 4 saturated carbocycles. The highest BCUT2D eigenvalue weighted by Crippen LogP contribution is 2.64. The Balaban J connectivity index is 1.41. The standard InChI is InChI=1S/C22H28N4O/c1-15(2)18-3-5-19(6-4-18)25-20(27)21-8-16-7-17(9-21)11-22(10-16,12-21)26-14-23-13-24-26/h3-6,13-17H,7-12H2,1-2H3,(H,25,27)/t16-,17+,21?,22?. The zero-order chi connectivity index (χ0) is 18.6. The van der Waals surface area contributed by atoms with E-state index in [1.807, 2.05) is 18.5 Å². The van der Waals surface area contributed by atoms with Crippen molar-refractivity contribution in [2.75, 3.05) is 5.32 Å². The first-order valence-corrected chi connectivity index (χ1v) is 10.2. The molecule has 1 amide bonds. The molecule has 1 N–H and O–H groups in total. The highest BCUT2D eigenvalue weighted by Gasteiger charge is 2.61. The number of carbonyl (C=O) groups is 1. The van der Waals surface area contributed by atoms with Gasteiger partial charge in [0.1, 0.15) is 12.7 Å². The van der Waals surface area contributed by atoms with Crippen LogP contribution in [0.25, 0.3) is 0 Å². The third kappa shape index (κ3) is 2.70. The molecule has 0 spiro atoms. The minimum absolute atomic E-state index is 0.0145. The maximum atomic E-state index is 13.4. The predicted molar refractivity (Wildman–Crippen MR) is 104 cm³/mol. The van der Waals surface area contributed by atoms with Crippen molar-refractivity contribution in [1.82, 2.24) is 14.8 Å². The lowest BCUT2D eigenvalue weighted by molar-refractivity contribution is -0.150. The molecule has 4 atom stereocenters. The smallest absolute Gasteiger partial charge is 0.230 e. The van der Waals surface area contributed by atoms with Crippen LogP contribution >= 0.6 is 0 Å². The lowest BCUT2D eigenvalue weighted by Crippen LogP contribution is -2.60. The molecule has 1 heterocycles. The van der Waals surface area contributed by atoms with Gasteiger partial charge in [0, 0.05) is 5.69 Å². The normalized spacial score (nSPS) is 34.2. The van der Waals surface area contributed by atoms with Crippen LogP contribution in [0.2, 0.25) is 0 Å². The van der Waals surface area contributed by atoms with Gasteiger partial charge in [0.2, 0.25) is 5.91 Å². The predicted octanol–water partition coefficient (Wildman–Crippen LogP) is 4.34. The van der Waals surface area contributed by atoms with Gasteiger partial charge in [0.25, 0.3) is 0 Å². The summed E-state index contributed by atoms with van der Waals surface area (Å²) in [6, 6.07) is 8.33. The molecule has 0 aliphatic heterocycles. The summed E-state index contributed by atoms with van der Waals surface area (Å²) >= 11 is 0. The summed E-state index contributed by atoms with van der Waals surface area (Å²) in [5, 5.41) is 7.72. The van der Waals surface area contributed by atoms with Crippen LogP contribution in [0.1, 0.15) is 63.9 Å². The average molecular weight is 364 g/mol. The van der Waals surface area contributed by atoms with Crippen LogP contribution in [0.15, 0.2) is 36.9 Å². The summed E-state index contributed by atoms with van der Waals surface area (Å²) in [6.45, 7) is 4.37. The molecule has 2 unspecified atom stereocenters. The minimum atomic E-state index is -0.257. The summed E-state index contributed by atoms with van der Waals surface area (Å²) in [7, 11) is 0. The van der Waals surface area contributed by atoms with E-state index in [2.05, 4.69) is 46.1 Å². The second-order valence-corrected chi connectivity index (χ2v) is 9.54. The monoisotopic (exact) mass is 364 g/mol. The van der Waals surface area contributed by atoms with Crippen molar-refractivity contribution in [2.24, 2.45) is 17.3 Å². The van der Waals surface area contributed by atoms with E-state index < -0.39 is 0 Å². The van der Waals surface area contributed by atoms with Gasteiger partial charge in [0.05, 0.1) is 11.0 Å². The summed E-state index contributed by atoms with van der Waals surface area (Å²) in [5.41, 5.74) is 1.94. The van der Waals surface area contributed by atoms with Gasteiger partial charge in [0.15, 0.2) is 0 Å². The number of hydrogen-bond donors (Lipinski definition) is 1. The van der Waals surface area contributed by atoms with Crippen LogP contribution in [0.4, 0.5) is 5.69 Å². The fourth-order valence-electron chi connectivity index (χ4n) is 6.42. The minimum Gasteiger partial charge on any atom is -0.326 e. The van der Waals surface area contributed by atoms with Gasteiger partial charge in [-0.1, -0.05) is 26.0 Å². The Morgan fingerprint density at radius 1 is 1.15 bits per heavy atom. The molecule has 1 aromatic heterocycles. The van der Waals surface area contributed by atoms with Crippen molar-refractivity contribution >= 4 is 11.6 Å². The highest BCUT2D eigenvalue weighted by molar-refractivity contribution is 5.95. The van der Waals surface area contributed by atoms with Gasteiger partial charge in [-0.05, 0) is 74.0 Å². The molecule has 4 bridgehead atoms. The van der Waals surface area contributed by atoms with Gasteiger partial charge in [-0.15, -0.1) is 0 Å². The average Bonchev–Trinajstić information content (AvgIpc) is 3.16. The van der Waals surface area contributed by atoms with E-state index in [1.165, 1.54) is 12.0 Å². The topological polar surface area (TPSA) is 59.8 Å². The first-order chi connectivity index (χ1) is 13.0. The largest absolute Gasteiger partial charge is 0.326 e. The molecule has 1 aromatic carbocycles. The molecule has 142 valence electrons. The van der Waals surface area contributed by atoms with E-state index >= 15 is 0 Å². The fraction of sp³-hybridized carbons (Fsp3) is 0.591. The number of hydrogen-bond acceptors (Lipinski definition) is 3. The number of benzene rings is 1. The maximum Gasteiger partial charge on any atom is 0.230 e. The highest BCUT2D eigenvalue weighted by atomic mass is 16.2. The number of anilines is 1. The van der Waals surface area contributed by atoms with Crippen molar-refractivity contribution in [2.45, 2.75) is 63.8 Å². The Morgan fingerprint density at radius 2 is 1.85 bits per heavy atom. The van der Waals surface area contributed by atoms with E-state index in [9.17, 15) is 4.79 Å². The number of carbonyl (C=O) groups excluding carboxylic acids is 1. The van der Waals surface area contributed by atoms with E-state index in [0.29, 0.717) is 17.8 Å². The van der Waals surface area contributed by atoms with Crippen LogP contribution in [0, 0.1) is 17.3 Å². The van der Waals surface area contributed by atoms with Crippen molar-refractivity contribution in [3.05, 3.63) is 42.5 Å². The number of amides is 1. The molecular weight excluding hydrogens is 336 g/mol. The Bertz CT molecular complexity index is 826. The van der Waals surface area contributed by atoms with Crippen molar-refractivity contribution in [1.29, 1.82) is 0 Å². The third-order valence-corrected chi connectivity index (χ3v) is 7.25. The maximum absolute atomic E-state index is 13.4. The van der Waals surface area contributed by atoms with Crippen molar-refractivity contribution in [3.63, 3.8) is 0 Å². The molecule has 4 fully saturated rings. The van der Waals surface area contributed by atoms with Gasteiger partial charge in [-0.3, -0.25) is 4.79 Å². The lowest BCUT2D eigenvalue weighted by atomic mass is 9.46. The van der Waals surface area contributed by atoms with Gasteiger partial charge in [-0.2, -0.15) is 5.10 Å². The zero-order valence-electron chi connectivity index (χ0n) is 16.2. The number of rotatable bonds is 4. The fourth-order valence-corrected chi connectivity index (χ4v) is 6.42. The first kappa shape index (κ1) is 17.0. The van der Waals surface area contributed by atoms with Crippen molar-refractivity contribution in [3.8, 4) is 0 Å². The van der Waals surface area contributed by atoms with Crippen LogP contribution in [0.5, 0.6) is 0 Å². The Hall–Kier alpha value is -2.17. The van der Waals surface area contributed by atoms with Crippen LogP contribution < -0.4 is 5.32 Å². The quantitative estimate of drug-likeness (QED) is 0.878. The summed E-state index contributed by atoms with van der Waals surface area (Å²) in [6.07, 6.45) is 9.98. The molecule has 5 heteroatoms. The number of aromatic nitrogens is 3. The lowest BCUT2D eigenvalue weighted by Gasteiger charge is -2.60. The number of nitrogens with zero attached hydrogens (tertiary/aromatic N) is 3.